The van der Waals surface area contributed by atoms with Gasteiger partial charge < -0.3 is 9.84 Å². The Balaban J connectivity index is 2.11. The molecule has 1 aromatic rings. The van der Waals surface area contributed by atoms with E-state index in [1.54, 1.807) is 0 Å². The molecule has 0 aromatic heterocycles. The maximum absolute atomic E-state index is 10.6. The number of aliphatic hydroxyl groups is 1. The minimum atomic E-state index is -0.449. The first-order valence-corrected chi connectivity index (χ1v) is 7.65. The predicted molar refractivity (Wildman–Crippen MR) is 81.8 cm³/mol. The number of benzene rings is 1. The number of aryl methyl sites for hydroxylation is 1. The van der Waals surface area contributed by atoms with E-state index in [-0.39, 0.29) is 12.1 Å². The summed E-state index contributed by atoms with van der Waals surface area (Å²) in [5.74, 6) is 0. The first-order chi connectivity index (χ1) is 9.52. The number of hydrogen-bond acceptors (Lipinski definition) is 3. The SMILES string of the molecule is CCC1COC(C)CN1C(C)C(O)c1ccc(C)cc1. The Labute approximate surface area is 122 Å². The standard InChI is InChI=1S/C17H27NO2/c1-5-16-11-20-13(3)10-18(16)14(4)17(19)15-8-6-12(2)7-9-15/h6-9,13-14,16-17,19H,5,10-11H2,1-4H3. The Kier molecular flexibility index (Phi) is 5.19. The van der Waals surface area contributed by atoms with E-state index in [0.717, 1.165) is 25.1 Å². The number of morpholine rings is 1. The molecule has 112 valence electrons. The second-order valence-electron chi connectivity index (χ2n) is 6.00. The monoisotopic (exact) mass is 277 g/mol. The van der Waals surface area contributed by atoms with Crippen molar-refractivity contribution in [3.63, 3.8) is 0 Å². The topological polar surface area (TPSA) is 32.7 Å². The number of ether oxygens (including phenoxy) is 1. The lowest BCUT2D eigenvalue weighted by Gasteiger charge is -2.43. The molecule has 1 aliphatic rings. The summed E-state index contributed by atoms with van der Waals surface area (Å²) in [5, 5.41) is 10.6. The van der Waals surface area contributed by atoms with Gasteiger partial charge in [-0.2, -0.15) is 0 Å². The molecule has 3 heteroatoms. The number of nitrogens with zero attached hydrogens (tertiary/aromatic N) is 1. The van der Waals surface area contributed by atoms with Crippen LogP contribution in [0.2, 0.25) is 0 Å². The molecule has 1 N–H and O–H groups in total. The summed E-state index contributed by atoms with van der Waals surface area (Å²) in [6, 6.07) is 8.69. The molecule has 1 fully saturated rings. The van der Waals surface area contributed by atoms with Gasteiger partial charge >= 0.3 is 0 Å². The van der Waals surface area contributed by atoms with Gasteiger partial charge in [-0.15, -0.1) is 0 Å². The fraction of sp³-hybridized carbons (Fsp3) is 0.647. The first kappa shape index (κ1) is 15.5. The van der Waals surface area contributed by atoms with Gasteiger partial charge in [0.05, 0.1) is 18.8 Å². The summed E-state index contributed by atoms with van der Waals surface area (Å²) in [6.45, 7) is 10.1. The molecular formula is C17H27NO2. The largest absolute Gasteiger partial charge is 0.387 e. The lowest BCUT2D eigenvalue weighted by atomic mass is 9.98. The van der Waals surface area contributed by atoms with Crippen molar-refractivity contribution in [2.45, 2.75) is 58.4 Å². The molecule has 0 aliphatic carbocycles. The van der Waals surface area contributed by atoms with Crippen LogP contribution in [0.5, 0.6) is 0 Å². The maximum atomic E-state index is 10.6. The summed E-state index contributed by atoms with van der Waals surface area (Å²) < 4.78 is 5.74. The molecule has 20 heavy (non-hydrogen) atoms. The molecule has 0 amide bonds. The Hall–Kier alpha value is -0.900. The van der Waals surface area contributed by atoms with Crippen LogP contribution in [0, 0.1) is 6.92 Å². The summed E-state index contributed by atoms with van der Waals surface area (Å²) in [4.78, 5) is 2.40. The number of rotatable bonds is 4. The van der Waals surface area contributed by atoms with Crippen LogP contribution in [0.4, 0.5) is 0 Å². The molecular weight excluding hydrogens is 250 g/mol. The van der Waals surface area contributed by atoms with Crippen LogP contribution in [0.15, 0.2) is 24.3 Å². The van der Waals surface area contributed by atoms with Gasteiger partial charge in [0.1, 0.15) is 0 Å². The van der Waals surface area contributed by atoms with Crippen molar-refractivity contribution in [2.24, 2.45) is 0 Å². The molecule has 1 aromatic carbocycles. The van der Waals surface area contributed by atoms with E-state index in [2.05, 4.69) is 44.7 Å². The molecule has 3 nitrogen and oxygen atoms in total. The molecule has 0 spiro atoms. The van der Waals surface area contributed by atoms with Crippen LogP contribution in [0.1, 0.15) is 44.4 Å². The van der Waals surface area contributed by atoms with Crippen molar-refractivity contribution in [2.75, 3.05) is 13.2 Å². The molecule has 2 rings (SSSR count). The van der Waals surface area contributed by atoms with E-state index >= 15 is 0 Å². The van der Waals surface area contributed by atoms with E-state index in [0.29, 0.717) is 6.04 Å². The lowest BCUT2D eigenvalue weighted by molar-refractivity contribution is -0.0896. The highest BCUT2D eigenvalue weighted by Crippen LogP contribution is 2.26. The zero-order chi connectivity index (χ0) is 14.7. The van der Waals surface area contributed by atoms with Gasteiger partial charge in [-0.05, 0) is 32.8 Å². The quantitative estimate of drug-likeness (QED) is 0.918. The maximum Gasteiger partial charge on any atom is 0.0942 e. The van der Waals surface area contributed by atoms with Gasteiger partial charge in [-0.25, -0.2) is 0 Å². The number of hydrogen-bond donors (Lipinski definition) is 1. The van der Waals surface area contributed by atoms with E-state index in [1.165, 1.54) is 5.56 Å². The van der Waals surface area contributed by atoms with Crippen LogP contribution in [-0.4, -0.2) is 41.3 Å². The fourth-order valence-corrected chi connectivity index (χ4v) is 2.94. The highest BCUT2D eigenvalue weighted by Gasteiger charge is 2.32. The lowest BCUT2D eigenvalue weighted by Crippen LogP contribution is -2.53. The summed E-state index contributed by atoms with van der Waals surface area (Å²) in [7, 11) is 0. The van der Waals surface area contributed by atoms with Gasteiger partial charge in [0.25, 0.3) is 0 Å². The summed E-state index contributed by atoms with van der Waals surface area (Å²) in [6.07, 6.45) is 0.845. The van der Waals surface area contributed by atoms with Gasteiger partial charge in [0, 0.05) is 18.6 Å². The third kappa shape index (κ3) is 3.40. The van der Waals surface area contributed by atoms with E-state index in [1.807, 2.05) is 12.1 Å². The van der Waals surface area contributed by atoms with E-state index in [9.17, 15) is 5.11 Å². The first-order valence-electron chi connectivity index (χ1n) is 7.65. The predicted octanol–water partition coefficient (Wildman–Crippen LogP) is 2.92. The summed E-state index contributed by atoms with van der Waals surface area (Å²) in [5.41, 5.74) is 2.22. The Bertz CT molecular complexity index is 418. The third-order valence-electron chi connectivity index (χ3n) is 4.38. The average Bonchev–Trinajstić information content (AvgIpc) is 2.46. The molecule has 0 bridgehead atoms. The van der Waals surface area contributed by atoms with Crippen molar-refractivity contribution in [1.82, 2.24) is 4.90 Å². The smallest absolute Gasteiger partial charge is 0.0942 e. The fourth-order valence-electron chi connectivity index (χ4n) is 2.94. The van der Waals surface area contributed by atoms with Gasteiger partial charge in [0.2, 0.25) is 0 Å². The van der Waals surface area contributed by atoms with Gasteiger partial charge in [-0.3, -0.25) is 4.90 Å². The average molecular weight is 277 g/mol. The zero-order valence-electron chi connectivity index (χ0n) is 13.0. The van der Waals surface area contributed by atoms with Crippen molar-refractivity contribution >= 4 is 0 Å². The number of aliphatic hydroxyl groups excluding tert-OH is 1. The minimum Gasteiger partial charge on any atom is -0.387 e. The van der Waals surface area contributed by atoms with Gasteiger partial charge in [-0.1, -0.05) is 36.8 Å². The highest BCUT2D eigenvalue weighted by molar-refractivity contribution is 5.24. The van der Waals surface area contributed by atoms with Crippen LogP contribution >= 0.6 is 0 Å². The van der Waals surface area contributed by atoms with E-state index < -0.39 is 6.10 Å². The highest BCUT2D eigenvalue weighted by atomic mass is 16.5. The molecule has 1 heterocycles. The van der Waals surface area contributed by atoms with Crippen LogP contribution < -0.4 is 0 Å². The Morgan fingerprint density at radius 3 is 2.60 bits per heavy atom. The van der Waals surface area contributed by atoms with Crippen LogP contribution in [0.3, 0.4) is 0 Å². The molecule has 4 atom stereocenters. The van der Waals surface area contributed by atoms with Crippen molar-refractivity contribution < 1.29 is 9.84 Å². The van der Waals surface area contributed by atoms with Crippen LogP contribution in [0.25, 0.3) is 0 Å². The minimum absolute atomic E-state index is 0.106. The van der Waals surface area contributed by atoms with Crippen molar-refractivity contribution in [3.05, 3.63) is 35.4 Å². The molecule has 1 aliphatic heterocycles. The Morgan fingerprint density at radius 2 is 2.00 bits per heavy atom. The van der Waals surface area contributed by atoms with Crippen molar-refractivity contribution in [3.8, 4) is 0 Å². The molecule has 1 saturated heterocycles. The zero-order valence-corrected chi connectivity index (χ0v) is 13.0. The second kappa shape index (κ2) is 6.70. The Morgan fingerprint density at radius 1 is 1.35 bits per heavy atom. The van der Waals surface area contributed by atoms with Gasteiger partial charge in [0.15, 0.2) is 0 Å². The molecule has 4 unspecified atom stereocenters. The van der Waals surface area contributed by atoms with Crippen molar-refractivity contribution in [1.29, 1.82) is 0 Å². The molecule has 0 saturated carbocycles. The van der Waals surface area contributed by atoms with Crippen LogP contribution in [-0.2, 0) is 4.74 Å². The molecule has 0 radical (unpaired) electrons. The van der Waals surface area contributed by atoms with E-state index in [4.69, 9.17) is 4.74 Å². The third-order valence-corrected chi connectivity index (χ3v) is 4.38. The summed E-state index contributed by atoms with van der Waals surface area (Å²) >= 11 is 0. The normalized spacial score (nSPS) is 27.2. The second-order valence-corrected chi connectivity index (χ2v) is 6.00.